The van der Waals surface area contributed by atoms with Crippen molar-refractivity contribution in [2.75, 3.05) is 5.32 Å². The number of pyridine rings is 1. The molecule has 0 saturated heterocycles. The summed E-state index contributed by atoms with van der Waals surface area (Å²) in [7, 11) is 0. The Morgan fingerprint density at radius 2 is 2.36 bits per heavy atom. The third-order valence-corrected chi connectivity index (χ3v) is 3.17. The third kappa shape index (κ3) is 3.38. The van der Waals surface area contributed by atoms with Crippen LogP contribution in [0.2, 0.25) is 0 Å². The Morgan fingerprint density at radius 3 is 2.86 bits per heavy atom. The van der Waals surface area contributed by atoms with Crippen LogP contribution in [-0.4, -0.2) is 15.7 Å². The molecule has 0 saturated carbocycles. The number of anilines is 1. The van der Waals surface area contributed by atoms with Crippen molar-refractivity contribution in [3.05, 3.63) is 22.9 Å². The highest BCUT2D eigenvalue weighted by molar-refractivity contribution is 9.10. The van der Waals surface area contributed by atoms with Crippen LogP contribution in [0.5, 0.6) is 0 Å². The second-order valence-corrected chi connectivity index (χ2v) is 4.65. The van der Waals surface area contributed by atoms with E-state index in [0.29, 0.717) is 5.69 Å². The summed E-state index contributed by atoms with van der Waals surface area (Å²) >= 11 is 6.49. The van der Waals surface area contributed by atoms with E-state index in [1.165, 1.54) is 0 Å². The highest BCUT2D eigenvalue weighted by atomic mass is 79.9. The number of nitrogens with zero attached hydrogens (tertiary/aromatic N) is 1. The third-order valence-electron chi connectivity index (χ3n) is 1.64. The number of hydrogen-bond donors (Lipinski definition) is 1. The van der Waals surface area contributed by atoms with Gasteiger partial charge in [0.1, 0.15) is 4.60 Å². The Labute approximate surface area is 99.6 Å². The van der Waals surface area contributed by atoms with E-state index in [4.69, 9.17) is 0 Å². The van der Waals surface area contributed by atoms with Crippen molar-refractivity contribution in [3.8, 4) is 0 Å². The molecule has 1 amide bonds. The van der Waals surface area contributed by atoms with E-state index in [9.17, 15) is 4.79 Å². The number of alkyl halides is 1. The molecule has 1 heterocycles. The van der Waals surface area contributed by atoms with Gasteiger partial charge in [0, 0.05) is 0 Å². The second-order valence-electron chi connectivity index (χ2n) is 2.73. The molecule has 1 unspecified atom stereocenters. The predicted molar refractivity (Wildman–Crippen MR) is 63.6 cm³/mol. The van der Waals surface area contributed by atoms with Gasteiger partial charge in [0.25, 0.3) is 0 Å². The molecule has 0 bridgehead atoms. The molecule has 1 aromatic heterocycles. The maximum Gasteiger partial charge on any atom is 0.238 e. The minimum absolute atomic E-state index is 0.0448. The summed E-state index contributed by atoms with van der Waals surface area (Å²) in [5.41, 5.74) is 0.705. The quantitative estimate of drug-likeness (QED) is 0.687. The topological polar surface area (TPSA) is 42.0 Å². The first-order chi connectivity index (χ1) is 6.63. The van der Waals surface area contributed by atoms with Gasteiger partial charge in [-0.2, -0.15) is 0 Å². The van der Waals surface area contributed by atoms with Crippen LogP contribution in [0.1, 0.15) is 13.3 Å². The molecule has 0 aliphatic rings. The molecule has 76 valence electrons. The van der Waals surface area contributed by atoms with Gasteiger partial charge in [-0.3, -0.25) is 4.79 Å². The van der Waals surface area contributed by atoms with Crippen molar-refractivity contribution in [2.24, 2.45) is 0 Å². The van der Waals surface area contributed by atoms with Crippen molar-refractivity contribution >= 4 is 43.5 Å². The lowest BCUT2D eigenvalue weighted by Gasteiger charge is -2.07. The summed E-state index contributed by atoms with van der Waals surface area (Å²) in [4.78, 5) is 15.3. The van der Waals surface area contributed by atoms with Gasteiger partial charge in [0.15, 0.2) is 0 Å². The lowest BCUT2D eigenvalue weighted by atomic mass is 10.3. The standard InChI is InChI=1S/C9H10Br2N2O/c1-2-7(10)9(14)13-6-3-4-8(11)12-5-6/h3-5,7H,2H2,1H3,(H,13,14). The monoisotopic (exact) mass is 320 g/mol. The van der Waals surface area contributed by atoms with Gasteiger partial charge in [-0.25, -0.2) is 4.98 Å². The van der Waals surface area contributed by atoms with E-state index in [-0.39, 0.29) is 10.7 Å². The Bertz CT molecular complexity index is 313. The zero-order chi connectivity index (χ0) is 10.6. The average Bonchev–Trinajstić information content (AvgIpc) is 2.20. The number of amides is 1. The van der Waals surface area contributed by atoms with Gasteiger partial charge in [0.2, 0.25) is 5.91 Å². The summed E-state index contributed by atoms with van der Waals surface area (Å²) in [5.74, 6) is -0.0448. The van der Waals surface area contributed by atoms with Gasteiger partial charge in [-0.1, -0.05) is 22.9 Å². The first kappa shape index (κ1) is 11.7. The van der Waals surface area contributed by atoms with Gasteiger partial charge in [-0.15, -0.1) is 0 Å². The average molecular weight is 322 g/mol. The van der Waals surface area contributed by atoms with Crippen LogP contribution < -0.4 is 5.32 Å². The summed E-state index contributed by atoms with van der Waals surface area (Å²) in [6.45, 7) is 1.94. The minimum atomic E-state index is -0.147. The first-order valence-electron chi connectivity index (χ1n) is 4.20. The molecule has 0 spiro atoms. The summed E-state index contributed by atoms with van der Waals surface area (Å²) in [5, 5.41) is 2.75. The van der Waals surface area contributed by atoms with Gasteiger partial charge < -0.3 is 5.32 Å². The van der Waals surface area contributed by atoms with E-state index in [2.05, 4.69) is 42.2 Å². The highest BCUT2D eigenvalue weighted by Crippen LogP contribution is 2.12. The van der Waals surface area contributed by atoms with Crippen molar-refractivity contribution < 1.29 is 4.79 Å². The van der Waals surface area contributed by atoms with Crippen LogP contribution >= 0.6 is 31.9 Å². The zero-order valence-electron chi connectivity index (χ0n) is 7.63. The van der Waals surface area contributed by atoms with E-state index >= 15 is 0 Å². The predicted octanol–water partition coefficient (Wildman–Crippen LogP) is 2.96. The summed E-state index contributed by atoms with van der Waals surface area (Å²) in [6.07, 6.45) is 2.37. The van der Waals surface area contributed by atoms with E-state index in [0.717, 1.165) is 11.0 Å². The molecule has 0 aliphatic heterocycles. The Hall–Kier alpha value is -0.420. The van der Waals surface area contributed by atoms with Crippen molar-refractivity contribution in [2.45, 2.75) is 18.2 Å². The zero-order valence-corrected chi connectivity index (χ0v) is 10.8. The maximum atomic E-state index is 11.4. The number of carbonyl (C=O) groups is 1. The van der Waals surface area contributed by atoms with Crippen LogP contribution in [0.25, 0.3) is 0 Å². The van der Waals surface area contributed by atoms with Crippen molar-refractivity contribution in [1.29, 1.82) is 0 Å². The molecule has 1 N–H and O–H groups in total. The summed E-state index contributed by atoms with van der Waals surface area (Å²) in [6, 6.07) is 3.58. The van der Waals surface area contributed by atoms with Crippen molar-refractivity contribution in [1.82, 2.24) is 4.98 Å². The van der Waals surface area contributed by atoms with E-state index < -0.39 is 0 Å². The molecule has 0 aliphatic carbocycles. The van der Waals surface area contributed by atoms with Crippen LogP contribution in [0.15, 0.2) is 22.9 Å². The van der Waals surface area contributed by atoms with Gasteiger partial charge in [-0.05, 0) is 34.5 Å². The van der Waals surface area contributed by atoms with Crippen LogP contribution in [-0.2, 0) is 4.79 Å². The molecular formula is C9H10Br2N2O. The number of rotatable bonds is 3. The highest BCUT2D eigenvalue weighted by Gasteiger charge is 2.11. The van der Waals surface area contributed by atoms with Crippen LogP contribution in [0.4, 0.5) is 5.69 Å². The largest absolute Gasteiger partial charge is 0.324 e. The van der Waals surface area contributed by atoms with Gasteiger partial charge >= 0.3 is 0 Å². The maximum absolute atomic E-state index is 11.4. The molecule has 0 radical (unpaired) electrons. The number of nitrogens with one attached hydrogen (secondary N) is 1. The molecule has 0 fully saturated rings. The lowest BCUT2D eigenvalue weighted by molar-refractivity contribution is -0.115. The Balaban J connectivity index is 2.60. The minimum Gasteiger partial charge on any atom is -0.324 e. The first-order valence-corrected chi connectivity index (χ1v) is 5.91. The Kier molecular flexibility index (Phi) is 4.54. The van der Waals surface area contributed by atoms with Crippen LogP contribution in [0, 0.1) is 0 Å². The molecule has 14 heavy (non-hydrogen) atoms. The second kappa shape index (κ2) is 5.46. The van der Waals surface area contributed by atoms with Crippen molar-refractivity contribution in [3.63, 3.8) is 0 Å². The summed E-state index contributed by atoms with van der Waals surface area (Å²) < 4.78 is 0.751. The van der Waals surface area contributed by atoms with E-state index in [1.807, 2.05) is 6.92 Å². The molecule has 1 atom stereocenters. The number of halogens is 2. The number of hydrogen-bond acceptors (Lipinski definition) is 2. The SMILES string of the molecule is CCC(Br)C(=O)Nc1ccc(Br)nc1. The number of aromatic nitrogens is 1. The lowest BCUT2D eigenvalue weighted by Crippen LogP contribution is -2.21. The van der Waals surface area contributed by atoms with Gasteiger partial charge in [0.05, 0.1) is 16.7 Å². The molecule has 5 heteroatoms. The van der Waals surface area contributed by atoms with E-state index in [1.54, 1.807) is 18.3 Å². The molecular weight excluding hydrogens is 312 g/mol. The fraction of sp³-hybridized carbons (Fsp3) is 0.333. The molecule has 1 aromatic rings. The molecule has 0 aromatic carbocycles. The number of carbonyl (C=O) groups excluding carboxylic acids is 1. The Morgan fingerprint density at radius 1 is 1.64 bits per heavy atom. The van der Waals surface area contributed by atoms with Crippen LogP contribution in [0.3, 0.4) is 0 Å². The fourth-order valence-electron chi connectivity index (χ4n) is 0.856. The normalized spacial score (nSPS) is 12.2. The fourth-order valence-corrected chi connectivity index (χ4v) is 1.20. The molecule has 1 rings (SSSR count). The molecule has 3 nitrogen and oxygen atoms in total. The smallest absolute Gasteiger partial charge is 0.238 e.